The first-order valence-corrected chi connectivity index (χ1v) is 4.98. The summed E-state index contributed by atoms with van der Waals surface area (Å²) < 4.78 is 0. The van der Waals surface area contributed by atoms with Crippen molar-refractivity contribution < 1.29 is 4.79 Å². The molecular weight excluding hydrogens is 164 g/mol. The molecule has 0 saturated carbocycles. The number of nitrogens with two attached hydrogens (primary N) is 1. The average molecular weight is 186 g/mol. The third-order valence-corrected chi connectivity index (χ3v) is 2.14. The van der Waals surface area contributed by atoms with Gasteiger partial charge in [0, 0.05) is 6.04 Å². The summed E-state index contributed by atoms with van der Waals surface area (Å²) in [7, 11) is 0. The maximum atomic E-state index is 10.7. The lowest BCUT2D eigenvalue weighted by Gasteiger charge is -2.18. The third-order valence-electron chi connectivity index (χ3n) is 2.14. The number of rotatable bonds is 6. The smallest absolute Gasteiger partial charge is 0.234 e. The van der Waals surface area contributed by atoms with Gasteiger partial charge in [-0.3, -0.25) is 4.79 Å². The summed E-state index contributed by atoms with van der Waals surface area (Å²) >= 11 is 0. The quantitative estimate of drug-likeness (QED) is 0.656. The van der Waals surface area contributed by atoms with E-state index in [-0.39, 0.29) is 11.9 Å². The fraction of sp³-hybridized carbons (Fsp3) is 0.900. The minimum atomic E-state index is -0.281. The first-order chi connectivity index (χ1) is 5.93. The molecule has 0 aromatic carbocycles. The van der Waals surface area contributed by atoms with E-state index in [1.165, 1.54) is 6.42 Å². The maximum absolute atomic E-state index is 10.7. The first-order valence-electron chi connectivity index (χ1n) is 4.98. The topological polar surface area (TPSA) is 55.1 Å². The molecule has 1 amide bonds. The third kappa shape index (κ3) is 6.58. The van der Waals surface area contributed by atoms with E-state index in [0.717, 1.165) is 6.42 Å². The van der Waals surface area contributed by atoms with Gasteiger partial charge in [-0.15, -0.1) is 0 Å². The molecule has 13 heavy (non-hydrogen) atoms. The molecule has 0 spiro atoms. The van der Waals surface area contributed by atoms with E-state index in [2.05, 4.69) is 26.1 Å². The van der Waals surface area contributed by atoms with Crippen molar-refractivity contribution in [3.05, 3.63) is 0 Å². The molecule has 3 nitrogen and oxygen atoms in total. The molecule has 0 aliphatic heterocycles. The number of hydrogen-bond acceptors (Lipinski definition) is 2. The summed E-state index contributed by atoms with van der Waals surface area (Å²) in [6, 6.07) is 0.145. The van der Waals surface area contributed by atoms with Crippen molar-refractivity contribution in [3.63, 3.8) is 0 Å². The van der Waals surface area contributed by atoms with E-state index in [1.807, 2.05) is 0 Å². The van der Waals surface area contributed by atoms with Crippen LogP contribution in [0.15, 0.2) is 0 Å². The summed E-state index contributed by atoms with van der Waals surface area (Å²) in [5.41, 5.74) is 5.14. The predicted octanol–water partition coefficient (Wildman–Crippen LogP) is 1.27. The fourth-order valence-electron chi connectivity index (χ4n) is 1.18. The van der Waals surface area contributed by atoms with Gasteiger partial charge in [0.25, 0.3) is 0 Å². The molecule has 0 radical (unpaired) electrons. The Kier molecular flexibility index (Phi) is 5.71. The van der Waals surface area contributed by atoms with Gasteiger partial charge in [-0.1, -0.05) is 13.8 Å². The highest BCUT2D eigenvalue weighted by molar-refractivity contribution is 5.79. The van der Waals surface area contributed by atoms with Crippen molar-refractivity contribution >= 4 is 5.91 Å². The summed E-state index contributed by atoms with van der Waals surface area (Å²) in [4.78, 5) is 10.7. The van der Waals surface area contributed by atoms with E-state index in [1.54, 1.807) is 6.92 Å². The summed E-state index contributed by atoms with van der Waals surface area (Å²) in [5.74, 6) is 0.435. The van der Waals surface area contributed by atoms with Gasteiger partial charge in [0.05, 0.1) is 6.04 Å². The van der Waals surface area contributed by atoms with Crippen LogP contribution in [-0.4, -0.2) is 18.0 Å². The molecule has 2 unspecified atom stereocenters. The lowest BCUT2D eigenvalue weighted by Crippen LogP contribution is -2.43. The maximum Gasteiger partial charge on any atom is 0.234 e. The molecule has 0 bridgehead atoms. The number of amides is 1. The average Bonchev–Trinajstić information content (AvgIpc) is 2.00. The highest BCUT2D eigenvalue weighted by Gasteiger charge is 2.11. The van der Waals surface area contributed by atoms with Crippen LogP contribution in [0.1, 0.15) is 40.5 Å². The molecule has 0 heterocycles. The van der Waals surface area contributed by atoms with Crippen LogP contribution in [0.3, 0.4) is 0 Å². The van der Waals surface area contributed by atoms with Gasteiger partial charge in [0.15, 0.2) is 0 Å². The van der Waals surface area contributed by atoms with E-state index in [4.69, 9.17) is 5.73 Å². The van der Waals surface area contributed by atoms with Gasteiger partial charge in [-0.05, 0) is 32.6 Å². The monoisotopic (exact) mass is 186 g/mol. The fourth-order valence-corrected chi connectivity index (χ4v) is 1.18. The molecule has 0 aliphatic rings. The van der Waals surface area contributed by atoms with Crippen molar-refractivity contribution in [1.82, 2.24) is 5.32 Å². The molecule has 0 rings (SSSR count). The second-order valence-electron chi connectivity index (χ2n) is 4.16. The standard InChI is InChI=1S/C10H22N2O/c1-7(2)5-6-8(3)12-9(4)10(11)13/h7-9,12H,5-6H2,1-4H3,(H2,11,13). The van der Waals surface area contributed by atoms with Gasteiger partial charge >= 0.3 is 0 Å². The summed E-state index contributed by atoms with van der Waals surface area (Å²) in [6.07, 6.45) is 2.27. The van der Waals surface area contributed by atoms with E-state index < -0.39 is 0 Å². The number of carbonyl (C=O) groups excluding carboxylic acids is 1. The Labute approximate surface area is 81.1 Å². The highest BCUT2D eigenvalue weighted by atomic mass is 16.1. The van der Waals surface area contributed by atoms with Crippen LogP contribution >= 0.6 is 0 Å². The van der Waals surface area contributed by atoms with Gasteiger partial charge in [0.2, 0.25) is 5.91 Å². The van der Waals surface area contributed by atoms with Gasteiger partial charge < -0.3 is 11.1 Å². The van der Waals surface area contributed by atoms with Gasteiger partial charge in [0.1, 0.15) is 0 Å². The largest absolute Gasteiger partial charge is 0.368 e. The Morgan fingerprint density at radius 2 is 1.77 bits per heavy atom. The van der Waals surface area contributed by atoms with Crippen molar-refractivity contribution in [2.45, 2.75) is 52.6 Å². The Hall–Kier alpha value is -0.570. The van der Waals surface area contributed by atoms with Crippen molar-refractivity contribution in [2.24, 2.45) is 11.7 Å². The Morgan fingerprint density at radius 3 is 2.15 bits per heavy atom. The summed E-state index contributed by atoms with van der Waals surface area (Å²) in [5, 5.41) is 3.16. The van der Waals surface area contributed by atoms with Crippen LogP contribution in [0.4, 0.5) is 0 Å². The number of nitrogens with one attached hydrogen (secondary N) is 1. The Bertz CT molecular complexity index is 157. The SMILES string of the molecule is CC(C)CCC(C)NC(C)C(N)=O. The molecule has 0 aromatic rings. The first kappa shape index (κ1) is 12.4. The van der Waals surface area contributed by atoms with Crippen LogP contribution in [0.25, 0.3) is 0 Å². The molecule has 3 heteroatoms. The Morgan fingerprint density at radius 1 is 1.23 bits per heavy atom. The van der Waals surface area contributed by atoms with E-state index in [0.29, 0.717) is 12.0 Å². The second kappa shape index (κ2) is 5.97. The number of carbonyl (C=O) groups is 1. The zero-order valence-electron chi connectivity index (χ0n) is 9.13. The van der Waals surface area contributed by atoms with Crippen molar-refractivity contribution in [3.8, 4) is 0 Å². The Balaban J connectivity index is 3.61. The molecular formula is C10H22N2O. The molecule has 78 valence electrons. The molecule has 0 aliphatic carbocycles. The van der Waals surface area contributed by atoms with Crippen LogP contribution in [0.5, 0.6) is 0 Å². The zero-order chi connectivity index (χ0) is 10.4. The lowest BCUT2D eigenvalue weighted by atomic mass is 10.0. The van der Waals surface area contributed by atoms with Crippen LogP contribution in [0.2, 0.25) is 0 Å². The molecule has 0 saturated heterocycles. The molecule has 0 aromatic heterocycles. The van der Waals surface area contributed by atoms with Crippen LogP contribution in [-0.2, 0) is 4.79 Å². The van der Waals surface area contributed by atoms with Crippen molar-refractivity contribution in [1.29, 1.82) is 0 Å². The lowest BCUT2D eigenvalue weighted by molar-refractivity contribution is -0.119. The minimum absolute atomic E-state index is 0.220. The zero-order valence-corrected chi connectivity index (χ0v) is 9.13. The minimum Gasteiger partial charge on any atom is -0.368 e. The normalized spacial score (nSPS) is 15.8. The van der Waals surface area contributed by atoms with Crippen LogP contribution < -0.4 is 11.1 Å². The number of primary amides is 1. The number of hydrogen-bond donors (Lipinski definition) is 2. The molecule has 0 fully saturated rings. The van der Waals surface area contributed by atoms with Gasteiger partial charge in [-0.25, -0.2) is 0 Å². The van der Waals surface area contributed by atoms with E-state index >= 15 is 0 Å². The van der Waals surface area contributed by atoms with Crippen LogP contribution in [0, 0.1) is 5.92 Å². The molecule has 2 atom stereocenters. The van der Waals surface area contributed by atoms with E-state index in [9.17, 15) is 4.79 Å². The predicted molar refractivity (Wildman–Crippen MR) is 55.3 cm³/mol. The molecule has 3 N–H and O–H groups in total. The summed E-state index contributed by atoms with van der Waals surface area (Å²) in [6.45, 7) is 8.28. The highest BCUT2D eigenvalue weighted by Crippen LogP contribution is 2.06. The van der Waals surface area contributed by atoms with Gasteiger partial charge in [-0.2, -0.15) is 0 Å². The van der Waals surface area contributed by atoms with Crippen molar-refractivity contribution in [2.75, 3.05) is 0 Å². The second-order valence-corrected chi connectivity index (χ2v) is 4.16.